The first-order valence-corrected chi connectivity index (χ1v) is 5.72. The van der Waals surface area contributed by atoms with Gasteiger partial charge in [0.05, 0.1) is 13.2 Å². The molecule has 0 aliphatic carbocycles. The molecule has 5 heteroatoms. The average Bonchev–Trinajstić information content (AvgIpc) is 2.65. The Kier molecular flexibility index (Phi) is 4.89. The van der Waals surface area contributed by atoms with Crippen molar-refractivity contribution >= 4 is 0 Å². The highest BCUT2D eigenvalue weighted by Crippen LogP contribution is 2.12. The van der Waals surface area contributed by atoms with E-state index < -0.39 is 0 Å². The molecule has 0 spiro atoms. The van der Waals surface area contributed by atoms with Crippen LogP contribution >= 0.6 is 0 Å². The lowest BCUT2D eigenvalue weighted by Crippen LogP contribution is -2.33. The van der Waals surface area contributed by atoms with E-state index in [1.54, 1.807) is 0 Å². The summed E-state index contributed by atoms with van der Waals surface area (Å²) in [4.78, 5) is 6.41. The van der Waals surface area contributed by atoms with Crippen LogP contribution in [0.1, 0.15) is 45.3 Å². The van der Waals surface area contributed by atoms with Gasteiger partial charge in [0.2, 0.25) is 5.89 Å². The van der Waals surface area contributed by atoms with Crippen LogP contribution < -0.4 is 0 Å². The zero-order valence-corrected chi connectivity index (χ0v) is 10.5. The van der Waals surface area contributed by atoms with Gasteiger partial charge in [-0.2, -0.15) is 4.98 Å². The molecule has 0 bridgehead atoms. The summed E-state index contributed by atoms with van der Waals surface area (Å²) in [5.41, 5.74) is 0. The third-order valence-corrected chi connectivity index (χ3v) is 2.46. The Labute approximate surface area is 96.5 Å². The number of aliphatic hydroxyl groups is 1. The molecule has 1 N–H and O–H groups in total. The summed E-state index contributed by atoms with van der Waals surface area (Å²) < 4.78 is 5.17. The molecule has 5 nitrogen and oxygen atoms in total. The lowest BCUT2D eigenvalue weighted by Gasteiger charge is -2.23. The summed E-state index contributed by atoms with van der Waals surface area (Å²) in [5, 5.41) is 12.9. The van der Waals surface area contributed by atoms with Gasteiger partial charge >= 0.3 is 0 Å². The molecule has 0 unspecified atom stereocenters. The van der Waals surface area contributed by atoms with Gasteiger partial charge < -0.3 is 9.63 Å². The molecule has 0 aliphatic rings. The van der Waals surface area contributed by atoms with E-state index in [-0.39, 0.29) is 12.5 Å². The van der Waals surface area contributed by atoms with Crippen molar-refractivity contribution in [3.05, 3.63) is 11.7 Å². The number of aromatic nitrogens is 2. The second kappa shape index (κ2) is 5.96. The fourth-order valence-corrected chi connectivity index (χ4v) is 1.39. The summed E-state index contributed by atoms with van der Waals surface area (Å²) in [5.74, 6) is 1.64. The van der Waals surface area contributed by atoms with Gasteiger partial charge in [-0.15, -0.1) is 0 Å². The fraction of sp³-hybridized carbons (Fsp3) is 0.818. The van der Waals surface area contributed by atoms with Crippen LogP contribution in [0.5, 0.6) is 0 Å². The number of hydrogen-bond acceptors (Lipinski definition) is 5. The van der Waals surface area contributed by atoms with E-state index in [2.05, 4.69) is 28.9 Å². The van der Waals surface area contributed by atoms with Gasteiger partial charge in [-0.1, -0.05) is 19.0 Å². The molecule has 1 heterocycles. The van der Waals surface area contributed by atoms with Gasteiger partial charge in [0.1, 0.15) is 0 Å². The second-order valence-electron chi connectivity index (χ2n) is 4.49. The molecule has 0 amide bonds. The van der Waals surface area contributed by atoms with Gasteiger partial charge in [-0.3, -0.25) is 4.90 Å². The van der Waals surface area contributed by atoms with E-state index in [4.69, 9.17) is 9.63 Å². The van der Waals surface area contributed by atoms with Crippen LogP contribution in [0.2, 0.25) is 0 Å². The van der Waals surface area contributed by atoms with E-state index in [9.17, 15) is 0 Å². The molecule has 0 aliphatic heterocycles. The van der Waals surface area contributed by atoms with Crippen LogP contribution in [0.4, 0.5) is 0 Å². The van der Waals surface area contributed by atoms with Crippen LogP contribution in [-0.4, -0.2) is 39.3 Å². The number of rotatable bonds is 6. The van der Waals surface area contributed by atoms with Crippen LogP contribution in [0.15, 0.2) is 4.52 Å². The van der Waals surface area contributed by atoms with Crippen molar-refractivity contribution in [3.8, 4) is 0 Å². The monoisotopic (exact) mass is 227 g/mol. The zero-order chi connectivity index (χ0) is 12.1. The Morgan fingerprint density at radius 1 is 1.31 bits per heavy atom. The minimum absolute atomic E-state index is 0.142. The van der Waals surface area contributed by atoms with Crippen molar-refractivity contribution in [2.24, 2.45) is 0 Å². The summed E-state index contributed by atoms with van der Waals surface area (Å²) in [6, 6.07) is 0.349. The average molecular weight is 227 g/mol. The molecular formula is C11H21N3O2. The van der Waals surface area contributed by atoms with Crippen LogP contribution in [-0.2, 0) is 6.54 Å². The molecule has 92 valence electrons. The lowest BCUT2D eigenvalue weighted by molar-refractivity contribution is 0.144. The van der Waals surface area contributed by atoms with Crippen LogP contribution in [0, 0.1) is 0 Å². The van der Waals surface area contributed by atoms with Crippen molar-refractivity contribution in [3.63, 3.8) is 0 Å². The summed E-state index contributed by atoms with van der Waals surface area (Å²) in [7, 11) is 0. The first-order chi connectivity index (χ1) is 7.54. The summed E-state index contributed by atoms with van der Waals surface area (Å²) >= 11 is 0. The Morgan fingerprint density at radius 2 is 2.00 bits per heavy atom. The van der Waals surface area contributed by atoms with E-state index in [1.165, 1.54) is 0 Å². The van der Waals surface area contributed by atoms with Crippen LogP contribution in [0.25, 0.3) is 0 Å². The summed E-state index contributed by atoms with van der Waals surface area (Å²) in [6.45, 7) is 9.58. The maximum absolute atomic E-state index is 8.95. The highest BCUT2D eigenvalue weighted by molar-refractivity contribution is 4.91. The van der Waals surface area contributed by atoms with Crippen molar-refractivity contribution < 1.29 is 9.63 Å². The van der Waals surface area contributed by atoms with E-state index >= 15 is 0 Å². The molecule has 1 aromatic heterocycles. The third-order valence-electron chi connectivity index (χ3n) is 2.46. The van der Waals surface area contributed by atoms with Gasteiger partial charge in [-0.05, 0) is 13.8 Å². The Balaban J connectivity index is 2.62. The smallest absolute Gasteiger partial charge is 0.240 e. The van der Waals surface area contributed by atoms with Gasteiger partial charge in [-0.25, -0.2) is 0 Å². The topological polar surface area (TPSA) is 62.4 Å². The van der Waals surface area contributed by atoms with Crippen LogP contribution in [0.3, 0.4) is 0 Å². The normalized spacial score (nSPS) is 12.0. The predicted octanol–water partition coefficient (Wildman–Crippen LogP) is 1.40. The SMILES string of the molecule is CC(C)c1noc(CN(CCO)C(C)C)n1. The maximum atomic E-state index is 8.95. The lowest BCUT2D eigenvalue weighted by atomic mass is 10.2. The standard InChI is InChI=1S/C11H21N3O2/c1-8(2)11-12-10(16-13-11)7-14(5-6-15)9(3)4/h8-9,15H,5-7H2,1-4H3. The Morgan fingerprint density at radius 3 is 2.44 bits per heavy atom. The second-order valence-corrected chi connectivity index (χ2v) is 4.49. The van der Waals surface area contributed by atoms with E-state index in [0.717, 1.165) is 5.82 Å². The predicted molar refractivity (Wildman–Crippen MR) is 61.0 cm³/mol. The molecular weight excluding hydrogens is 206 g/mol. The van der Waals surface area contributed by atoms with Gasteiger partial charge in [0.25, 0.3) is 0 Å². The minimum Gasteiger partial charge on any atom is -0.395 e. The maximum Gasteiger partial charge on any atom is 0.240 e. The zero-order valence-electron chi connectivity index (χ0n) is 10.5. The first kappa shape index (κ1) is 13.1. The minimum atomic E-state index is 0.142. The van der Waals surface area contributed by atoms with Crippen molar-refractivity contribution in [1.82, 2.24) is 15.0 Å². The largest absolute Gasteiger partial charge is 0.395 e. The van der Waals surface area contributed by atoms with E-state index in [0.29, 0.717) is 25.0 Å². The number of nitrogens with zero attached hydrogens (tertiary/aromatic N) is 3. The van der Waals surface area contributed by atoms with Gasteiger partial charge in [0, 0.05) is 18.5 Å². The molecule has 0 fully saturated rings. The number of hydrogen-bond donors (Lipinski definition) is 1. The number of aliphatic hydroxyl groups excluding tert-OH is 1. The molecule has 0 radical (unpaired) electrons. The molecule has 1 aromatic rings. The van der Waals surface area contributed by atoms with E-state index in [1.807, 2.05) is 13.8 Å². The Bertz CT molecular complexity index is 310. The highest BCUT2D eigenvalue weighted by atomic mass is 16.5. The molecule has 16 heavy (non-hydrogen) atoms. The quantitative estimate of drug-likeness (QED) is 0.795. The molecule has 0 saturated heterocycles. The van der Waals surface area contributed by atoms with Gasteiger partial charge in [0.15, 0.2) is 5.82 Å². The third kappa shape index (κ3) is 3.57. The molecule has 1 rings (SSSR count). The Hall–Kier alpha value is -0.940. The first-order valence-electron chi connectivity index (χ1n) is 5.72. The summed E-state index contributed by atoms with van der Waals surface area (Å²) in [6.07, 6.45) is 0. The highest BCUT2D eigenvalue weighted by Gasteiger charge is 2.15. The van der Waals surface area contributed by atoms with Crippen molar-refractivity contribution in [1.29, 1.82) is 0 Å². The molecule has 0 aromatic carbocycles. The van der Waals surface area contributed by atoms with Crippen molar-refractivity contribution in [2.75, 3.05) is 13.2 Å². The van der Waals surface area contributed by atoms with Crippen molar-refractivity contribution in [2.45, 2.75) is 46.2 Å². The molecule has 0 saturated carbocycles. The molecule has 0 atom stereocenters. The fourth-order valence-electron chi connectivity index (χ4n) is 1.39.